The van der Waals surface area contributed by atoms with Crippen LogP contribution in [0.5, 0.6) is 0 Å². The quantitative estimate of drug-likeness (QED) is 0.681. The van der Waals surface area contributed by atoms with Gasteiger partial charge in [-0.15, -0.1) is 0 Å². The molecule has 0 atom stereocenters. The largest absolute Gasteiger partial charge is 0.478 e. The first kappa shape index (κ1) is 10.7. The van der Waals surface area contributed by atoms with Crippen LogP contribution in [0, 0.1) is 6.92 Å². The van der Waals surface area contributed by atoms with Gasteiger partial charge in [0.2, 0.25) is 0 Å². The Hall–Kier alpha value is -1.36. The molecule has 0 amide bonds. The van der Waals surface area contributed by atoms with Crippen molar-refractivity contribution in [3.63, 3.8) is 0 Å². The second-order valence-corrected chi connectivity index (χ2v) is 3.13. The lowest BCUT2D eigenvalue weighted by Crippen LogP contribution is -1.99. The number of hydrogen-bond donors (Lipinski definition) is 2. The highest BCUT2D eigenvalue weighted by Gasteiger charge is 2.10. The molecule has 14 heavy (non-hydrogen) atoms. The molecule has 1 heterocycles. The van der Waals surface area contributed by atoms with Crippen LogP contribution in [0.25, 0.3) is 0 Å². The first-order valence-electron chi connectivity index (χ1n) is 4.53. The summed E-state index contributed by atoms with van der Waals surface area (Å²) in [7, 11) is 0. The Morgan fingerprint density at radius 2 is 2.29 bits per heavy atom. The molecule has 1 aromatic heterocycles. The standard InChI is InChI=1S/C9H14N2O3/c1-7-8(9(13)14)6-11(10-7)4-2-3-5-12/h6,12H,2-5H2,1H3,(H,13,14). The second kappa shape index (κ2) is 4.76. The van der Waals surface area contributed by atoms with E-state index in [1.807, 2.05) is 0 Å². The summed E-state index contributed by atoms with van der Waals surface area (Å²) in [6.45, 7) is 2.48. The molecule has 0 unspecified atom stereocenters. The third-order valence-corrected chi connectivity index (χ3v) is 1.97. The predicted octanol–water partition coefficient (Wildman–Crippen LogP) is 0.662. The molecule has 5 heteroatoms. The van der Waals surface area contributed by atoms with Crippen LogP contribution in [-0.4, -0.2) is 32.6 Å². The lowest BCUT2D eigenvalue weighted by Gasteiger charge is -1.98. The van der Waals surface area contributed by atoms with Gasteiger partial charge in [0.15, 0.2) is 0 Å². The van der Waals surface area contributed by atoms with Crippen molar-refractivity contribution in [1.29, 1.82) is 0 Å². The summed E-state index contributed by atoms with van der Waals surface area (Å²) in [5, 5.41) is 21.4. The minimum atomic E-state index is -0.948. The summed E-state index contributed by atoms with van der Waals surface area (Å²) in [5.41, 5.74) is 0.774. The number of carboxylic acid groups (broad SMARTS) is 1. The number of unbranched alkanes of at least 4 members (excludes halogenated alkanes) is 1. The van der Waals surface area contributed by atoms with E-state index >= 15 is 0 Å². The van der Waals surface area contributed by atoms with Crippen LogP contribution < -0.4 is 0 Å². The van der Waals surface area contributed by atoms with E-state index < -0.39 is 5.97 Å². The van der Waals surface area contributed by atoms with E-state index in [0.717, 1.165) is 6.42 Å². The highest BCUT2D eigenvalue weighted by atomic mass is 16.4. The molecule has 0 aromatic carbocycles. The summed E-state index contributed by atoms with van der Waals surface area (Å²) in [4.78, 5) is 10.7. The van der Waals surface area contributed by atoms with Gasteiger partial charge < -0.3 is 10.2 Å². The van der Waals surface area contributed by atoms with Crippen molar-refractivity contribution in [2.45, 2.75) is 26.3 Å². The van der Waals surface area contributed by atoms with Crippen LogP contribution in [0.2, 0.25) is 0 Å². The van der Waals surface area contributed by atoms with Gasteiger partial charge in [-0.3, -0.25) is 4.68 Å². The Kier molecular flexibility index (Phi) is 3.64. The minimum absolute atomic E-state index is 0.159. The normalized spacial score (nSPS) is 10.4. The van der Waals surface area contributed by atoms with Gasteiger partial charge in [-0.2, -0.15) is 5.10 Å². The SMILES string of the molecule is Cc1nn(CCCCO)cc1C(=O)O. The number of hydrogen-bond acceptors (Lipinski definition) is 3. The number of aliphatic hydroxyl groups excluding tert-OH is 1. The van der Waals surface area contributed by atoms with Gasteiger partial charge in [0.05, 0.1) is 5.69 Å². The smallest absolute Gasteiger partial charge is 0.339 e. The maximum absolute atomic E-state index is 10.7. The molecule has 0 radical (unpaired) electrons. The summed E-state index contributed by atoms with van der Waals surface area (Å²) >= 11 is 0. The Balaban J connectivity index is 2.62. The second-order valence-electron chi connectivity index (χ2n) is 3.13. The first-order chi connectivity index (χ1) is 6.65. The van der Waals surface area contributed by atoms with E-state index in [1.54, 1.807) is 11.6 Å². The minimum Gasteiger partial charge on any atom is -0.478 e. The van der Waals surface area contributed by atoms with Gasteiger partial charge in [0, 0.05) is 19.3 Å². The zero-order chi connectivity index (χ0) is 10.6. The molecule has 0 aliphatic carbocycles. The van der Waals surface area contributed by atoms with Crippen LogP contribution in [0.4, 0.5) is 0 Å². The van der Waals surface area contributed by atoms with Crippen LogP contribution >= 0.6 is 0 Å². The Bertz CT molecular complexity index is 320. The molecule has 0 bridgehead atoms. The number of aromatic nitrogens is 2. The van der Waals surface area contributed by atoms with Crippen LogP contribution in [-0.2, 0) is 6.54 Å². The molecular weight excluding hydrogens is 184 g/mol. The predicted molar refractivity (Wildman–Crippen MR) is 50.2 cm³/mol. The fourth-order valence-electron chi connectivity index (χ4n) is 1.23. The molecule has 78 valence electrons. The van der Waals surface area contributed by atoms with Gasteiger partial charge in [-0.05, 0) is 19.8 Å². The van der Waals surface area contributed by atoms with E-state index in [1.165, 1.54) is 6.20 Å². The van der Waals surface area contributed by atoms with Crippen molar-refractivity contribution in [2.75, 3.05) is 6.61 Å². The topological polar surface area (TPSA) is 75.3 Å². The summed E-state index contributed by atoms with van der Waals surface area (Å²) in [5.74, 6) is -0.948. The van der Waals surface area contributed by atoms with Crippen LogP contribution in [0.1, 0.15) is 28.9 Å². The highest BCUT2D eigenvalue weighted by Crippen LogP contribution is 2.06. The van der Waals surface area contributed by atoms with Crippen molar-refractivity contribution < 1.29 is 15.0 Å². The van der Waals surface area contributed by atoms with Crippen molar-refractivity contribution in [2.24, 2.45) is 0 Å². The molecule has 0 saturated heterocycles. The Morgan fingerprint density at radius 3 is 2.79 bits per heavy atom. The lowest BCUT2D eigenvalue weighted by atomic mass is 10.3. The molecule has 0 spiro atoms. The number of nitrogens with zero attached hydrogens (tertiary/aromatic N) is 2. The fourth-order valence-corrected chi connectivity index (χ4v) is 1.23. The highest BCUT2D eigenvalue weighted by molar-refractivity contribution is 5.88. The zero-order valence-corrected chi connectivity index (χ0v) is 8.10. The van der Waals surface area contributed by atoms with Gasteiger partial charge in [0.1, 0.15) is 5.56 Å². The van der Waals surface area contributed by atoms with Gasteiger partial charge in [-0.25, -0.2) is 4.79 Å². The molecule has 0 aliphatic rings. The number of rotatable bonds is 5. The number of aryl methyl sites for hydroxylation is 2. The Labute approximate surface area is 82.0 Å². The third kappa shape index (κ3) is 2.56. The molecule has 1 rings (SSSR count). The van der Waals surface area contributed by atoms with E-state index in [2.05, 4.69) is 5.10 Å². The van der Waals surface area contributed by atoms with E-state index in [0.29, 0.717) is 18.7 Å². The first-order valence-corrected chi connectivity index (χ1v) is 4.53. The maximum Gasteiger partial charge on any atom is 0.339 e. The van der Waals surface area contributed by atoms with Crippen molar-refractivity contribution in [3.05, 3.63) is 17.5 Å². The van der Waals surface area contributed by atoms with Crippen molar-refractivity contribution in [1.82, 2.24) is 9.78 Å². The summed E-state index contributed by atoms with van der Waals surface area (Å²) in [6, 6.07) is 0. The van der Waals surface area contributed by atoms with E-state index in [4.69, 9.17) is 10.2 Å². The molecule has 1 aromatic rings. The average Bonchev–Trinajstić information content (AvgIpc) is 2.47. The molecule has 0 aliphatic heterocycles. The van der Waals surface area contributed by atoms with Gasteiger partial charge in [0.25, 0.3) is 0 Å². The average molecular weight is 198 g/mol. The molecular formula is C9H14N2O3. The maximum atomic E-state index is 10.7. The van der Waals surface area contributed by atoms with Gasteiger partial charge >= 0.3 is 5.97 Å². The molecule has 5 nitrogen and oxygen atoms in total. The monoisotopic (exact) mass is 198 g/mol. The Morgan fingerprint density at radius 1 is 1.57 bits per heavy atom. The molecule has 0 saturated carbocycles. The molecule has 0 fully saturated rings. The van der Waals surface area contributed by atoms with Gasteiger partial charge in [-0.1, -0.05) is 0 Å². The number of aliphatic hydroxyl groups is 1. The van der Waals surface area contributed by atoms with Crippen molar-refractivity contribution in [3.8, 4) is 0 Å². The van der Waals surface area contributed by atoms with Crippen molar-refractivity contribution >= 4 is 5.97 Å². The van der Waals surface area contributed by atoms with Crippen LogP contribution in [0.3, 0.4) is 0 Å². The third-order valence-electron chi connectivity index (χ3n) is 1.97. The van der Waals surface area contributed by atoms with E-state index in [9.17, 15) is 4.79 Å². The number of carboxylic acids is 1. The lowest BCUT2D eigenvalue weighted by molar-refractivity contribution is 0.0696. The van der Waals surface area contributed by atoms with Crippen LogP contribution in [0.15, 0.2) is 6.20 Å². The summed E-state index contributed by atoms with van der Waals surface area (Å²) < 4.78 is 1.61. The van der Waals surface area contributed by atoms with E-state index in [-0.39, 0.29) is 12.2 Å². The number of carbonyl (C=O) groups is 1. The number of aromatic carboxylic acids is 1. The molecule has 2 N–H and O–H groups in total. The zero-order valence-electron chi connectivity index (χ0n) is 8.10. The summed E-state index contributed by atoms with van der Waals surface area (Å²) in [6.07, 6.45) is 3.03. The fraction of sp³-hybridized carbons (Fsp3) is 0.556.